The Morgan fingerprint density at radius 3 is 2.41 bits per heavy atom. The van der Waals surface area contributed by atoms with E-state index in [0.29, 0.717) is 23.9 Å². The maximum Gasteiger partial charge on any atom is 0.418 e. The Balaban J connectivity index is 1.50. The van der Waals surface area contributed by atoms with Crippen LogP contribution in [0.3, 0.4) is 0 Å². The summed E-state index contributed by atoms with van der Waals surface area (Å²) in [5, 5.41) is 18.9. The summed E-state index contributed by atoms with van der Waals surface area (Å²) in [6.07, 6.45) is -3.39. The second-order valence-electron chi connectivity index (χ2n) is 9.54. The van der Waals surface area contributed by atoms with Gasteiger partial charge in [-0.3, -0.25) is 4.68 Å². The molecule has 4 aromatic rings. The van der Waals surface area contributed by atoms with E-state index in [1.54, 1.807) is 18.2 Å². The van der Waals surface area contributed by atoms with Gasteiger partial charge in [-0.15, -0.1) is 0 Å². The molecule has 0 aliphatic heterocycles. The van der Waals surface area contributed by atoms with Crippen LogP contribution >= 0.6 is 0 Å². The summed E-state index contributed by atoms with van der Waals surface area (Å²) in [4.78, 5) is 8.61. The second-order valence-corrected chi connectivity index (χ2v) is 9.54. The van der Waals surface area contributed by atoms with Crippen LogP contribution in [0.2, 0.25) is 0 Å². The highest BCUT2D eigenvalue weighted by Gasteiger charge is 2.42. The molecule has 37 heavy (non-hydrogen) atoms. The third kappa shape index (κ3) is 5.00. The van der Waals surface area contributed by atoms with Crippen LogP contribution in [0.15, 0.2) is 36.7 Å². The van der Waals surface area contributed by atoms with Gasteiger partial charge in [0.2, 0.25) is 0 Å². The van der Waals surface area contributed by atoms with E-state index < -0.39 is 12.3 Å². The summed E-state index contributed by atoms with van der Waals surface area (Å²) < 4.78 is 56.3. The zero-order valence-electron chi connectivity index (χ0n) is 20.6. The van der Waals surface area contributed by atoms with Gasteiger partial charge in [0.15, 0.2) is 11.9 Å². The van der Waals surface area contributed by atoms with E-state index in [2.05, 4.69) is 15.1 Å². The quantitative estimate of drug-likeness (QED) is 0.344. The van der Waals surface area contributed by atoms with Gasteiger partial charge in [0.05, 0.1) is 17.1 Å². The van der Waals surface area contributed by atoms with Crippen molar-refractivity contribution in [3.05, 3.63) is 76.4 Å². The highest BCUT2D eigenvalue weighted by molar-refractivity contribution is 5.64. The summed E-state index contributed by atoms with van der Waals surface area (Å²) >= 11 is 0. The molecule has 5 rings (SSSR count). The largest absolute Gasteiger partial charge is 0.418 e. The zero-order chi connectivity index (χ0) is 26.5. The normalized spacial score (nSPS) is 14.8. The number of alkyl halides is 3. The van der Waals surface area contributed by atoms with E-state index in [0.717, 1.165) is 41.9 Å². The lowest BCUT2D eigenvalue weighted by Gasteiger charge is -2.15. The van der Waals surface area contributed by atoms with Crippen LogP contribution in [0.4, 0.5) is 17.6 Å². The van der Waals surface area contributed by atoms with Crippen LogP contribution in [-0.4, -0.2) is 40.8 Å². The molecule has 3 heterocycles. The van der Waals surface area contributed by atoms with Crippen LogP contribution in [0, 0.1) is 32.5 Å². The van der Waals surface area contributed by atoms with Crippen LogP contribution in [0.1, 0.15) is 52.8 Å². The summed E-state index contributed by atoms with van der Waals surface area (Å²) in [6.45, 7) is 5.63. The molecular formula is C26H26F4N6O. The topological polar surface area (TPSA) is 81.7 Å². The van der Waals surface area contributed by atoms with Crippen LogP contribution in [0.5, 0.6) is 0 Å². The molecule has 1 atom stereocenters. The van der Waals surface area contributed by atoms with Crippen molar-refractivity contribution in [1.29, 1.82) is 0 Å². The van der Waals surface area contributed by atoms with Gasteiger partial charge in [0.1, 0.15) is 12.1 Å². The molecule has 0 radical (unpaired) electrons. The Kier molecular flexibility index (Phi) is 6.35. The lowest BCUT2D eigenvalue weighted by molar-refractivity contribution is -0.207. The highest BCUT2D eigenvalue weighted by Crippen LogP contribution is 2.36. The fourth-order valence-electron chi connectivity index (χ4n) is 4.60. The Bertz CT molecular complexity index is 1440. The van der Waals surface area contributed by atoms with Crippen molar-refractivity contribution in [2.75, 3.05) is 0 Å². The molecule has 3 aromatic heterocycles. The number of rotatable bonds is 7. The van der Waals surface area contributed by atoms with Crippen LogP contribution in [-0.2, 0) is 13.0 Å². The maximum atomic E-state index is 13.5. The highest BCUT2D eigenvalue weighted by atomic mass is 19.4. The molecule has 0 saturated heterocycles. The van der Waals surface area contributed by atoms with E-state index in [9.17, 15) is 22.7 Å². The molecule has 1 N–H and O–H groups in total. The minimum atomic E-state index is -4.81. The van der Waals surface area contributed by atoms with Crippen LogP contribution in [0.25, 0.3) is 17.1 Å². The number of aliphatic hydroxyl groups excluding tert-OH is 1. The van der Waals surface area contributed by atoms with Crippen LogP contribution < -0.4 is 0 Å². The number of benzene rings is 1. The summed E-state index contributed by atoms with van der Waals surface area (Å²) in [5.41, 5.74) is 4.08. The molecule has 1 aliphatic carbocycles. The Labute approximate surface area is 210 Å². The van der Waals surface area contributed by atoms with Crippen molar-refractivity contribution in [2.24, 2.45) is 5.92 Å². The third-order valence-corrected chi connectivity index (χ3v) is 6.77. The molecular weight excluding hydrogens is 488 g/mol. The molecule has 7 nitrogen and oxygen atoms in total. The average Bonchev–Trinajstić information content (AvgIpc) is 3.55. The van der Waals surface area contributed by atoms with Crippen molar-refractivity contribution in [3.8, 4) is 17.1 Å². The van der Waals surface area contributed by atoms with E-state index in [1.807, 2.05) is 11.6 Å². The van der Waals surface area contributed by atoms with Gasteiger partial charge in [-0.25, -0.2) is 19.0 Å². The second kappa shape index (κ2) is 9.37. The molecule has 11 heteroatoms. The lowest BCUT2D eigenvalue weighted by atomic mass is 10.0. The average molecular weight is 515 g/mol. The molecule has 0 amide bonds. The number of hydrogen-bond donors (Lipinski definition) is 1. The molecule has 0 spiro atoms. The first kappa shape index (κ1) is 25.1. The number of halogens is 4. The fraction of sp³-hybridized carbons (Fsp3) is 0.385. The first-order chi connectivity index (χ1) is 17.5. The molecule has 1 aromatic carbocycles. The summed E-state index contributed by atoms with van der Waals surface area (Å²) in [7, 11) is 0. The molecule has 194 valence electrons. The standard InChI is InChI=1S/C26H26F4N6O/c1-14-21(35(12-17-4-5-17)34-24(14)18-6-8-19(27)9-7-18)10-20-11-22(32-13-31-20)36-16(3)23(15(2)33-36)25(37)26(28,29)30/h6-9,11,13,17,25,37H,4-5,10,12H2,1-3H3. The van der Waals surface area contributed by atoms with E-state index in [4.69, 9.17) is 5.10 Å². The zero-order valence-corrected chi connectivity index (χ0v) is 20.6. The summed E-state index contributed by atoms with van der Waals surface area (Å²) in [5.74, 6) is 0.548. The number of aryl methyl sites for hydroxylation is 1. The van der Waals surface area contributed by atoms with E-state index in [-0.39, 0.29) is 22.8 Å². The van der Waals surface area contributed by atoms with Crippen molar-refractivity contribution in [1.82, 2.24) is 29.5 Å². The van der Waals surface area contributed by atoms with Crippen molar-refractivity contribution < 1.29 is 22.7 Å². The smallest absolute Gasteiger partial charge is 0.379 e. The van der Waals surface area contributed by atoms with Gasteiger partial charge >= 0.3 is 6.18 Å². The lowest BCUT2D eigenvalue weighted by Crippen LogP contribution is -2.21. The fourth-order valence-corrected chi connectivity index (χ4v) is 4.60. The number of nitrogens with zero attached hydrogens (tertiary/aromatic N) is 6. The SMILES string of the molecule is Cc1nn(-c2cc(Cc3c(C)c(-c4ccc(F)cc4)nn3CC3CC3)ncn2)c(C)c1C(O)C(F)(F)F. The van der Waals surface area contributed by atoms with Gasteiger partial charge in [0, 0.05) is 41.5 Å². The van der Waals surface area contributed by atoms with E-state index in [1.165, 1.54) is 37.0 Å². The molecule has 1 saturated carbocycles. The maximum absolute atomic E-state index is 13.5. The van der Waals surface area contributed by atoms with E-state index >= 15 is 0 Å². The summed E-state index contributed by atoms with van der Waals surface area (Å²) in [6, 6.07) is 7.89. The minimum Gasteiger partial charge on any atom is -0.379 e. The number of aliphatic hydroxyl groups is 1. The number of aromatic nitrogens is 6. The minimum absolute atomic E-state index is 0.0739. The molecule has 0 bridgehead atoms. The van der Waals surface area contributed by atoms with Gasteiger partial charge in [-0.2, -0.15) is 23.4 Å². The predicted octanol–water partition coefficient (Wildman–Crippen LogP) is 5.19. The first-order valence-electron chi connectivity index (χ1n) is 12.0. The van der Waals surface area contributed by atoms with Gasteiger partial charge in [-0.1, -0.05) is 0 Å². The molecule has 1 fully saturated rings. The van der Waals surface area contributed by atoms with Crippen molar-refractivity contribution >= 4 is 0 Å². The third-order valence-electron chi connectivity index (χ3n) is 6.77. The first-order valence-corrected chi connectivity index (χ1v) is 12.0. The molecule has 1 unspecified atom stereocenters. The van der Waals surface area contributed by atoms with Gasteiger partial charge in [-0.05, 0) is 69.4 Å². The van der Waals surface area contributed by atoms with Crippen molar-refractivity contribution in [3.63, 3.8) is 0 Å². The van der Waals surface area contributed by atoms with Gasteiger partial charge < -0.3 is 5.11 Å². The Morgan fingerprint density at radius 2 is 1.76 bits per heavy atom. The monoisotopic (exact) mass is 514 g/mol. The number of hydrogen-bond acceptors (Lipinski definition) is 5. The van der Waals surface area contributed by atoms with Crippen molar-refractivity contribution in [2.45, 2.75) is 58.9 Å². The predicted molar refractivity (Wildman–Crippen MR) is 128 cm³/mol. The molecule has 1 aliphatic rings. The Hall–Kier alpha value is -3.60. The Morgan fingerprint density at radius 1 is 1.05 bits per heavy atom. The van der Waals surface area contributed by atoms with Gasteiger partial charge in [0.25, 0.3) is 0 Å².